The third kappa shape index (κ3) is 2.81. The minimum absolute atomic E-state index is 0.0602. The molecule has 2 aliphatic rings. The predicted octanol–water partition coefficient (Wildman–Crippen LogP) is 2.84. The molecule has 0 spiro atoms. The highest BCUT2D eigenvalue weighted by Gasteiger charge is 2.30. The Balaban J connectivity index is 1.80. The summed E-state index contributed by atoms with van der Waals surface area (Å²) in [6.07, 6.45) is 4.42. The Hall–Kier alpha value is -1.81. The first-order chi connectivity index (χ1) is 10.2. The summed E-state index contributed by atoms with van der Waals surface area (Å²) < 4.78 is 0. The van der Waals surface area contributed by atoms with E-state index in [2.05, 4.69) is 53.7 Å². The van der Waals surface area contributed by atoms with Gasteiger partial charge in [0.2, 0.25) is 5.91 Å². The average molecular weight is 285 g/mol. The Morgan fingerprint density at radius 3 is 3.00 bits per heavy atom. The van der Waals surface area contributed by atoms with Crippen LogP contribution in [0.4, 0.5) is 11.4 Å². The highest BCUT2D eigenvalue weighted by atomic mass is 16.2. The Labute approximate surface area is 126 Å². The van der Waals surface area contributed by atoms with Crippen molar-refractivity contribution in [2.45, 2.75) is 32.7 Å². The Morgan fingerprint density at radius 2 is 2.29 bits per heavy atom. The van der Waals surface area contributed by atoms with Gasteiger partial charge in [0.15, 0.2) is 0 Å². The highest BCUT2D eigenvalue weighted by molar-refractivity contribution is 6.03. The normalized spacial score (nSPS) is 21.0. The number of fused-ring (bicyclic) bond motifs is 1. The van der Waals surface area contributed by atoms with E-state index in [1.165, 1.54) is 11.3 Å². The van der Waals surface area contributed by atoms with E-state index in [0.29, 0.717) is 0 Å². The van der Waals surface area contributed by atoms with E-state index >= 15 is 0 Å². The van der Waals surface area contributed by atoms with Crippen LogP contribution in [0.3, 0.4) is 0 Å². The molecule has 1 aromatic carbocycles. The Bertz CT molecular complexity index is 579. The second-order valence-electron chi connectivity index (χ2n) is 5.89. The number of hydrogen-bond donors (Lipinski definition) is 2. The number of hydrogen-bond acceptors (Lipinski definition) is 3. The second-order valence-corrected chi connectivity index (χ2v) is 5.89. The first kappa shape index (κ1) is 14.1. The summed E-state index contributed by atoms with van der Waals surface area (Å²) in [5.41, 5.74) is 4.68. The van der Waals surface area contributed by atoms with Gasteiger partial charge < -0.3 is 15.5 Å². The molecule has 21 heavy (non-hydrogen) atoms. The van der Waals surface area contributed by atoms with Gasteiger partial charge in [-0.05, 0) is 38.4 Å². The Morgan fingerprint density at radius 1 is 1.43 bits per heavy atom. The third-order valence-corrected chi connectivity index (χ3v) is 4.27. The highest BCUT2D eigenvalue weighted by Crippen LogP contribution is 2.34. The van der Waals surface area contributed by atoms with Crippen molar-refractivity contribution < 1.29 is 4.79 Å². The predicted molar refractivity (Wildman–Crippen MR) is 86.7 cm³/mol. The van der Waals surface area contributed by atoms with E-state index in [0.717, 1.165) is 43.7 Å². The van der Waals surface area contributed by atoms with Gasteiger partial charge in [0.25, 0.3) is 0 Å². The van der Waals surface area contributed by atoms with Gasteiger partial charge >= 0.3 is 0 Å². The van der Waals surface area contributed by atoms with Crippen molar-refractivity contribution >= 4 is 17.3 Å². The van der Waals surface area contributed by atoms with Crippen LogP contribution < -0.4 is 15.5 Å². The minimum Gasteiger partial charge on any atom is -0.367 e. The molecule has 4 nitrogen and oxygen atoms in total. The number of nitrogens with zero attached hydrogens (tertiary/aromatic N) is 1. The maximum Gasteiger partial charge on any atom is 0.246 e. The smallest absolute Gasteiger partial charge is 0.246 e. The van der Waals surface area contributed by atoms with Gasteiger partial charge in [-0.2, -0.15) is 0 Å². The molecule has 1 aromatic rings. The van der Waals surface area contributed by atoms with Crippen LogP contribution in [0, 0.1) is 0 Å². The van der Waals surface area contributed by atoms with Crippen molar-refractivity contribution in [1.29, 1.82) is 0 Å². The first-order valence-corrected chi connectivity index (χ1v) is 7.78. The van der Waals surface area contributed by atoms with E-state index in [1.807, 2.05) is 0 Å². The fourth-order valence-corrected chi connectivity index (χ4v) is 2.94. The molecule has 1 amide bonds. The van der Waals surface area contributed by atoms with Crippen LogP contribution in [0.2, 0.25) is 0 Å². The SMILES string of the molecule is CCCNC1C(=O)Nc2cc(N3CC=C(C)CC3)ccc21. The van der Waals surface area contributed by atoms with Crippen molar-refractivity contribution in [3.8, 4) is 0 Å². The summed E-state index contributed by atoms with van der Waals surface area (Å²) in [5, 5.41) is 6.31. The van der Waals surface area contributed by atoms with Gasteiger partial charge in [-0.1, -0.05) is 24.6 Å². The summed E-state index contributed by atoms with van der Waals surface area (Å²) in [5.74, 6) is 0.0602. The van der Waals surface area contributed by atoms with Gasteiger partial charge in [0.1, 0.15) is 6.04 Å². The molecule has 0 aromatic heterocycles. The van der Waals surface area contributed by atoms with Crippen LogP contribution in [0.25, 0.3) is 0 Å². The van der Waals surface area contributed by atoms with E-state index in [1.54, 1.807) is 0 Å². The van der Waals surface area contributed by atoms with Crippen LogP contribution in [0.15, 0.2) is 29.8 Å². The standard InChI is InChI=1S/C17H23N3O/c1-3-8-18-16-14-5-4-13(11-15(14)19-17(16)21)20-9-6-12(2)7-10-20/h4-6,11,16,18H,3,7-10H2,1-2H3,(H,19,21). The average Bonchev–Trinajstić information content (AvgIpc) is 2.80. The lowest BCUT2D eigenvalue weighted by molar-refractivity contribution is -0.117. The van der Waals surface area contributed by atoms with Crippen molar-refractivity contribution in [2.24, 2.45) is 0 Å². The van der Waals surface area contributed by atoms with Crippen molar-refractivity contribution in [1.82, 2.24) is 5.32 Å². The van der Waals surface area contributed by atoms with Gasteiger partial charge in [-0.15, -0.1) is 0 Å². The molecule has 3 rings (SSSR count). The first-order valence-electron chi connectivity index (χ1n) is 7.78. The molecule has 0 fully saturated rings. The van der Waals surface area contributed by atoms with E-state index in [-0.39, 0.29) is 11.9 Å². The van der Waals surface area contributed by atoms with Crippen LogP contribution in [0.1, 0.15) is 38.3 Å². The second kappa shape index (κ2) is 5.90. The largest absolute Gasteiger partial charge is 0.367 e. The number of rotatable bonds is 4. The number of carbonyl (C=O) groups excluding carboxylic acids is 1. The zero-order valence-electron chi connectivity index (χ0n) is 12.8. The molecule has 0 saturated carbocycles. The summed E-state index contributed by atoms with van der Waals surface area (Å²) >= 11 is 0. The van der Waals surface area contributed by atoms with Crippen molar-refractivity contribution in [3.05, 3.63) is 35.4 Å². The summed E-state index contributed by atoms with van der Waals surface area (Å²) in [6, 6.07) is 6.13. The number of benzene rings is 1. The lowest BCUT2D eigenvalue weighted by Gasteiger charge is -2.28. The number of amides is 1. The summed E-state index contributed by atoms with van der Waals surface area (Å²) in [7, 11) is 0. The molecular formula is C17H23N3O. The van der Waals surface area contributed by atoms with Gasteiger partial charge in [-0.3, -0.25) is 4.79 Å². The van der Waals surface area contributed by atoms with Crippen LogP contribution in [-0.2, 0) is 4.79 Å². The number of carbonyl (C=O) groups is 1. The Kier molecular flexibility index (Phi) is 3.97. The maximum atomic E-state index is 12.1. The molecule has 0 radical (unpaired) electrons. The fraction of sp³-hybridized carbons (Fsp3) is 0.471. The van der Waals surface area contributed by atoms with Gasteiger partial charge in [0.05, 0.1) is 0 Å². The van der Waals surface area contributed by atoms with Gasteiger partial charge in [0, 0.05) is 30.0 Å². The molecule has 1 atom stereocenters. The monoisotopic (exact) mass is 285 g/mol. The molecule has 2 aliphatic heterocycles. The fourth-order valence-electron chi connectivity index (χ4n) is 2.94. The zero-order valence-corrected chi connectivity index (χ0v) is 12.8. The van der Waals surface area contributed by atoms with Crippen LogP contribution in [0.5, 0.6) is 0 Å². The third-order valence-electron chi connectivity index (χ3n) is 4.27. The van der Waals surface area contributed by atoms with E-state index in [9.17, 15) is 4.79 Å². The van der Waals surface area contributed by atoms with Crippen molar-refractivity contribution in [2.75, 3.05) is 29.9 Å². The molecular weight excluding hydrogens is 262 g/mol. The van der Waals surface area contributed by atoms with Crippen LogP contribution >= 0.6 is 0 Å². The van der Waals surface area contributed by atoms with Crippen molar-refractivity contribution in [3.63, 3.8) is 0 Å². The summed E-state index contributed by atoms with van der Waals surface area (Å²) in [6.45, 7) is 7.15. The molecule has 1 unspecified atom stereocenters. The quantitative estimate of drug-likeness (QED) is 0.836. The molecule has 2 heterocycles. The van der Waals surface area contributed by atoms with E-state index in [4.69, 9.17) is 0 Å². The lowest BCUT2D eigenvalue weighted by Crippen LogP contribution is -2.28. The molecule has 0 saturated heterocycles. The number of anilines is 2. The maximum absolute atomic E-state index is 12.1. The molecule has 0 bridgehead atoms. The van der Waals surface area contributed by atoms with E-state index < -0.39 is 0 Å². The summed E-state index contributed by atoms with van der Waals surface area (Å²) in [4.78, 5) is 14.4. The minimum atomic E-state index is -0.197. The molecule has 112 valence electrons. The zero-order chi connectivity index (χ0) is 14.8. The molecule has 0 aliphatic carbocycles. The molecule has 2 N–H and O–H groups in total. The lowest BCUT2D eigenvalue weighted by atomic mass is 10.1. The molecule has 4 heteroatoms. The van der Waals surface area contributed by atoms with Gasteiger partial charge in [-0.25, -0.2) is 0 Å². The van der Waals surface area contributed by atoms with Crippen LogP contribution in [-0.4, -0.2) is 25.5 Å². The number of nitrogens with one attached hydrogen (secondary N) is 2. The topological polar surface area (TPSA) is 44.4 Å².